The molecule has 0 unspecified atom stereocenters. The van der Waals surface area contributed by atoms with E-state index in [0.29, 0.717) is 13.0 Å². The van der Waals surface area contributed by atoms with Crippen LogP contribution in [0.15, 0.2) is 4.99 Å². The lowest BCUT2D eigenvalue weighted by Gasteiger charge is -1.93. The lowest BCUT2D eigenvalue weighted by molar-refractivity contribution is -0.142. The summed E-state index contributed by atoms with van der Waals surface area (Å²) in [5.74, 6) is -0.123. The number of ether oxygens (including phenoxy) is 1. The van der Waals surface area contributed by atoms with Crippen molar-refractivity contribution in [3.8, 4) is 0 Å². The van der Waals surface area contributed by atoms with Gasteiger partial charge in [-0.1, -0.05) is 6.92 Å². The van der Waals surface area contributed by atoms with Gasteiger partial charge in [-0.3, -0.25) is 9.79 Å². The summed E-state index contributed by atoms with van der Waals surface area (Å²) in [6, 6.07) is 0. The number of hydrogen-bond acceptors (Lipinski definition) is 4. The molecule has 70 valence electrons. The summed E-state index contributed by atoms with van der Waals surface area (Å²) >= 11 is 0. The molecular weight excluding hydrogens is 156 g/mol. The molecule has 0 saturated heterocycles. The molecule has 1 aliphatic heterocycles. The zero-order chi connectivity index (χ0) is 9.23. The highest BCUT2D eigenvalue weighted by Gasteiger charge is 1.91. The van der Waals surface area contributed by atoms with E-state index >= 15 is 0 Å². The molecule has 4 heteroatoms. The lowest BCUT2D eigenvalue weighted by Crippen LogP contribution is -2.04. The molecule has 0 bridgehead atoms. The van der Waals surface area contributed by atoms with Crippen molar-refractivity contribution in [3.63, 3.8) is 0 Å². The molecule has 0 saturated carbocycles. The van der Waals surface area contributed by atoms with Crippen molar-refractivity contribution in [1.82, 2.24) is 5.32 Å². The van der Waals surface area contributed by atoms with Crippen molar-refractivity contribution in [2.45, 2.75) is 20.3 Å². The largest absolute Gasteiger partial charge is 0.466 e. The third-order valence-corrected chi connectivity index (χ3v) is 1.16. The maximum atomic E-state index is 10.2. The van der Waals surface area contributed by atoms with Crippen LogP contribution in [0.2, 0.25) is 0 Å². The van der Waals surface area contributed by atoms with Crippen molar-refractivity contribution >= 4 is 12.3 Å². The Hall–Kier alpha value is -1.06. The number of aliphatic imine (C=N–C) groups is 1. The number of esters is 1. The molecular formula is C8H16N2O2. The molecule has 0 fully saturated rings. The fourth-order valence-corrected chi connectivity index (χ4v) is 0.586. The molecule has 0 aromatic heterocycles. The average Bonchev–Trinajstić information content (AvgIpc) is 2.62. The van der Waals surface area contributed by atoms with Crippen LogP contribution in [0.25, 0.3) is 0 Å². The van der Waals surface area contributed by atoms with Gasteiger partial charge in [0.2, 0.25) is 0 Å². The molecule has 0 aromatic carbocycles. The van der Waals surface area contributed by atoms with Gasteiger partial charge in [0.1, 0.15) is 0 Å². The van der Waals surface area contributed by atoms with E-state index in [2.05, 4.69) is 15.0 Å². The van der Waals surface area contributed by atoms with Gasteiger partial charge in [-0.25, -0.2) is 0 Å². The lowest BCUT2D eigenvalue weighted by atomic mass is 10.5. The molecule has 0 aromatic rings. The molecule has 1 rings (SSSR count). The van der Waals surface area contributed by atoms with Gasteiger partial charge in [-0.15, -0.1) is 0 Å². The molecule has 1 N–H and O–H groups in total. The molecule has 0 radical (unpaired) electrons. The smallest absolute Gasteiger partial charge is 0.305 e. The summed E-state index contributed by atoms with van der Waals surface area (Å²) in [6.45, 7) is 6.05. The Balaban J connectivity index is 0.000000211. The average molecular weight is 172 g/mol. The van der Waals surface area contributed by atoms with Crippen molar-refractivity contribution in [2.75, 3.05) is 19.7 Å². The van der Waals surface area contributed by atoms with Gasteiger partial charge < -0.3 is 10.1 Å². The van der Waals surface area contributed by atoms with Gasteiger partial charge in [0.15, 0.2) is 0 Å². The molecule has 0 atom stereocenters. The van der Waals surface area contributed by atoms with Crippen LogP contribution >= 0.6 is 0 Å². The Morgan fingerprint density at radius 1 is 1.67 bits per heavy atom. The summed E-state index contributed by atoms with van der Waals surface area (Å²) in [5, 5.41) is 2.93. The third-order valence-electron chi connectivity index (χ3n) is 1.16. The molecule has 0 aliphatic carbocycles. The van der Waals surface area contributed by atoms with E-state index in [1.54, 1.807) is 20.2 Å². The first-order chi connectivity index (χ1) is 5.81. The normalized spacial score (nSPS) is 12.8. The van der Waals surface area contributed by atoms with Crippen LogP contribution in [0.4, 0.5) is 0 Å². The SMILES string of the molecule is C1=NCCN1.CCOC(=O)CC. The first-order valence-corrected chi connectivity index (χ1v) is 4.18. The first kappa shape index (κ1) is 10.9. The van der Waals surface area contributed by atoms with E-state index in [9.17, 15) is 4.79 Å². The van der Waals surface area contributed by atoms with Crippen molar-refractivity contribution in [3.05, 3.63) is 0 Å². The van der Waals surface area contributed by atoms with E-state index in [4.69, 9.17) is 0 Å². The van der Waals surface area contributed by atoms with Crippen LogP contribution < -0.4 is 5.32 Å². The molecule has 0 amide bonds. The minimum atomic E-state index is -0.123. The quantitative estimate of drug-likeness (QED) is 0.620. The highest BCUT2D eigenvalue weighted by atomic mass is 16.5. The van der Waals surface area contributed by atoms with E-state index in [0.717, 1.165) is 13.1 Å². The van der Waals surface area contributed by atoms with Crippen molar-refractivity contribution in [2.24, 2.45) is 4.99 Å². The summed E-state index contributed by atoms with van der Waals surface area (Å²) < 4.78 is 4.55. The Labute approximate surface area is 73.0 Å². The summed E-state index contributed by atoms with van der Waals surface area (Å²) in [5.41, 5.74) is 0. The van der Waals surface area contributed by atoms with Gasteiger partial charge in [0.25, 0.3) is 0 Å². The topological polar surface area (TPSA) is 50.7 Å². The Kier molecular flexibility index (Phi) is 7.33. The Morgan fingerprint density at radius 3 is 2.58 bits per heavy atom. The van der Waals surface area contributed by atoms with Crippen LogP contribution in [-0.2, 0) is 9.53 Å². The van der Waals surface area contributed by atoms with E-state index < -0.39 is 0 Å². The molecule has 0 spiro atoms. The van der Waals surface area contributed by atoms with Crippen molar-refractivity contribution < 1.29 is 9.53 Å². The van der Waals surface area contributed by atoms with Crippen LogP contribution in [-0.4, -0.2) is 32.0 Å². The Morgan fingerprint density at radius 2 is 2.42 bits per heavy atom. The predicted molar refractivity (Wildman–Crippen MR) is 48.3 cm³/mol. The van der Waals surface area contributed by atoms with Gasteiger partial charge in [0.05, 0.1) is 19.5 Å². The summed E-state index contributed by atoms with van der Waals surface area (Å²) in [4.78, 5) is 14.0. The van der Waals surface area contributed by atoms with E-state index in [1.807, 2.05) is 0 Å². The van der Waals surface area contributed by atoms with Gasteiger partial charge in [0, 0.05) is 13.0 Å². The second-order valence-corrected chi connectivity index (χ2v) is 2.15. The number of rotatable bonds is 2. The van der Waals surface area contributed by atoms with Crippen LogP contribution in [0, 0.1) is 0 Å². The van der Waals surface area contributed by atoms with Gasteiger partial charge in [-0.05, 0) is 6.92 Å². The molecule has 1 heterocycles. The monoisotopic (exact) mass is 172 g/mol. The second kappa shape index (κ2) is 8.04. The minimum absolute atomic E-state index is 0.123. The van der Waals surface area contributed by atoms with E-state index in [1.165, 1.54) is 0 Å². The highest BCUT2D eigenvalue weighted by Crippen LogP contribution is 1.80. The Bertz CT molecular complexity index is 140. The molecule has 12 heavy (non-hydrogen) atoms. The van der Waals surface area contributed by atoms with Crippen LogP contribution in [0.3, 0.4) is 0 Å². The predicted octanol–water partition coefficient (Wildman–Crippen LogP) is 0.577. The summed E-state index contributed by atoms with van der Waals surface area (Å²) in [6.07, 6.45) is 2.22. The van der Waals surface area contributed by atoms with Gasteiger partial charge in [-0.2, -0.15) is 0 Å². The number of carbonyl (C=O) groups is 1. The van der Waals surface area contributed by atoms with Crippen LogP contribution in [0.5, 0.6) is 0 Å². The standard InChI is InChI=1S/C5H10O2.C3H6N2/c1-3-5(6)7-4-2;1-2-5-3-4-1/h3-4H2,1-2H3;3H,1-2H2,(H,4,5). The fourth-order valence-electron chi connectivity index (χ4n) is 0.586. The number of nitrogens with one attached hydrogen (secondary N) is 1. The van der Waals surface area contributed by atoms with E-state index in [-0.39, 0.29) is 5.97 Å². The molecule has 4 nitrogen and oxygen atoms in total. The third kappa shape index (κ3) is 7.05. The minimum Gasteiger partial charge on any atom is -0.466 e. The highest BCUT2D eigenvalue weighted by molar-refractivity contribution is 5.68. The maximum absolute atomic E-state index is 10.2. The number of carbonyl (C=O) groups excluding carboxylic acids is 1. The number of nitrogens with zero attached hydrogens (tertiary/aromatic N) is 1. The van der Waals surface area contributed by atoms with Gasteiger partial charge >= 0.3 is 5.97 Å². The zero-order valence-electron chi connectivity index (χ0n) is 7.67. The summed E-state index contributed by atoms with van der Waals surface area (Å²) in [7, 11) is 0. The first-order valence-electron chi connectivity index (χ1n) is 4.18. The van der Waals surface area contributed by atoms with Crippen LogP contribution in [0.1, 0.15) is 20.3 Å². The molecule has 1 aliphatic rings. The zero-order valence-corrected chi connectivity index (χ0v) is 7.67. The van der Waals surface area contributed by atoms with Crippen molar-refractivity contribution in [1.29, 1.82) is 0 Å². The fraction of sp³-hybridized carbons (Fsp3) is 0.750. The second-order valence-electron chi connectivity index (χ2n) is 2.15. The maximum Gasteiger partial charge on any atom is 0.305 e. The number of hydrogen-bond donors (Lipinski definition) is 1.